The van der Waals surface area contributed by atoms with Crippen molar-refractivity contribution in [2.45, 2.75) is 49.9 Å². The zero-order valence-corrected chi connectivity index (χ0v) is 11.4. The van der Waals surface area contributed by atoms with Crippen molar-refractivity contribution >= 4 is 11.9 Å². The Morgan fingerprint density at radius 2 is 2.05 bits per heavy atom. The van der Waals surface area contributed by atoms with Crippen LogP contribution in [0.15, 0.2) is 0 Å². The molecule has 2 atom stereocenters. The fourth-order valence-corrected chi connectivity index (χ4v) is 2.95. The van der Waals surface area contributed by atoms with E-state index >= 15 is 0 Å². The number of carbonyl (C=O) groups excluding carboxylic acids is 1. The first-order valence-corrected chi connectivity index (χ1v) is 6.63. The van der Waals surface area contributed by atoms with Gasteiger partial charge in [-0.05, 0) is 25.7 Å². The summed E-state index contributed by atoms with van der Waals surface area (Å²) in [4.78, 5) is 25.1. The number of hydrogen-bond acceptors (Lipinski definition) is 4. The summed E-state index contributed by atoms with van der Waals surface area (Å²) in [5.74, 6) is -0.966. The Bertz CT molecular complexity index is 361. The molecule has 1 saturated heterocycles. The number of hydrogen-bond donors (Lipinski definition) is 1. The summed E-state index contributed by atoms with van der Waals surface area (Å²) in [6.07, 6.45) is 2.87. The standard InChI is InChI=1S/C13H21NO5/c1-18-10-6-9(7-11(15)16)14(8-10)12(17)13(19-2)4-3-5-13/h9-10H,3-8H2,1-2H3,(H,15,16). The van der Waals surface area contributed by atoms with E-state index in [4.69, 9.17) is 14.6 Å². The molecule has 2 rings (SSSR count). The summed E-state index contributed by atoms with van der Waals surface area (Å²) in [6, 6.07) is -0.289. The van der Waals surface area contributed by atoms with Gasteiger partial charge in [0.1, 0.15) is 5.60 Å². The van der Waals surface area contributed by atoms with E-state index in [2.05, 4.69) is 0 Å². The van der Waals surface area contributed by atoms with Crippen LogP contribution in [0.2, 0.25) is 0 Å². The Hall–Kier alpha value is -1.14. The van der Waals surface area contributed by atoms with Crippen LogP contribution in [-0.2, 0) is 19.1 Å². The van der Waals surface area contributed by atoms with Crippen molar-refractivity contribution in [1.29, 1.82) is 0 Å². The monoisotopic (exact) mass is 271 g/mol. The van der Waals surface area contributed by atoms with E-state index in [0.717, 1.165) is 19.3 Å². The summed E-state index contributed by atoms with van der Waals surface area (Å²) < 4.78 is 10.7. The third-order valence-electron chi connectivity index (χ3n) is 4.32. The summed E-state index contributed by atoms with van der Waals surface area (Å²) in [5, 5.41) is 8.95. The van der Waals surface area contributed by atoms with Gasteiger partial charge in [-0.2, -0.15) is 0 Å². The number of carbonyl (C=O) groups is 2. The Morgan fingerprint density at radius 1 is 1.37 bits per heavy atom. The smallest absolute Gasteiger partial charge is 0.305 e. The molecule has 2 fully saturated rings. The number of aliphatic carboxylic acids is 1. The molecule has 2 aliphatic rings. The average Bonchev–Trinajstić information content (AvgIpc) is 2.70. The molecule has 2 unspecified atom stereocenters. The van der Waals surface area contributed by atoms with Crippen LogP contribution in [0.4, 0.5) is 0 Å². The molecule has 1 amide bonds. The van der Waals surface area contributed by atoms with Crippen LogP contribution in [0.1, 0.15) is 32.1 Å². The van der Waals surface area contributed by atoms with E-state index in [9.17, 15) is 9.59 Å². The Labute approximate surface area is 112 Å². The molecule has 6 heteroatoms. The summed E-state index contributed by atoms with van der Waals surface area (Å²) in [5.41, 5.74) is -0.723. The molecular formula is C13H21NO5. The minimum Gasteiger partial charge on any atom is -0.481 e. The van der Waals surface area contributed by atoms with Gasteiger partial charge in [0.15, 0.2) is 0 Å². The maximum Gasteiger partial charge on any atom is 0.305 e. The van der Waals surface area contributed by atoms with Crippen LogP contribution < -0.4 is 0 Å². The molecule has 108 valence electrons. The van der Waals surface area contributed by atoms with Crippen LogP contribution in [0.25, 0.3) is 0 Å². The number of carboxylic acids is 1. The third-order valence-corrected chi connectivity index (χ3v) is 4.32. The molecule has 0 aromatic carbocycles. The lowest BCUT2D eigenvalue weighted by Gasteiger charge is -2.42. The minimum absolute atomic E-state index is 0.0363. The third kappa shape index (κ3) is 2.60. The maximum atomic E-state index is 12.6. The van der Waals surface area contributed by atoms with Crippen molar-refractivity contribution in [1.82, 2.24) is 4.90 Å². The van der Waals surface area contributed by atoms with E-state index in [-0.39, 0.29) is 24.5 Å². The summed E-state index contributed by atoms with van der Waals surface area (Å²) in [6.45, 7) is 0.457. The van der Waals surface area contributed by atoms with Gasteiger partial charge in [0.2, 0.25) is 0 Å². The van der Waals surface area contributed by atoms with Gasteiger partial charge in [0.05, 0.1) is 12.5 Å². The van der Waals surface area contributed by atoms with E-state index in [1.807, 2.05) is 0 Å². The quantitative estimate of drug-likeness (QED) is 0.794. The van der Waals surface area contributed by atoms with Gasteiger partial charge >= 0.3 is 5.97 Å². The molecule has 1 N–H and O–H groups in total. The van der Waals surface area contributed by atoms with Crippen molar-refractivity contribution in [3.63, 3.8) is 0 Å². The first kappa shape index (κ1) is 14.3. The first-order chi connectivity index (χ1) is 9.02. The lowest BCUT2D eigenvalue weighted by molar-refractivity contribution is -0.167. The zero-order chi connectivity index (χ0) is 14.0. The van der Waals surface area contributed by atoms with E-state index in [1.54, 1.807) is 19.1 Å². The van der Waals surface area contributed by atoms with Crippen LogP contribution >= 0.6 is 0 Å². The molecule has 0 spiro atoms. The minimum atomic E-state index is -0.889. The molecule has 1 heterocycles. The van der Waals surface area contributed by atoms with Gasteiger partial charge in [-0.3, -0.25) is 9.59 Å². The van der Waals surface area contributed by atoms with E-state index < -0.39 is 11.6 Å². The maximum absolute atomic E-state index is 12.6. The van der Waals surface area contributed by atoms with Gasteiger partial charge in [-0.1, -0.05) is 0 Å². The normalized spacial score (nSPS) is 29.1. The average molecular weight is 271 g/mol. The van der Waals surface area contributed by atoms with E-state index in [1.165, 1.54) is 0 Å². The van der Waals surface area contributed by atoms with Crippen LogP contribution in [-0.4, -0.2) is 60.4 Å². The molecule has 1 aliphatic heterocycles. The van der Waals surface area contributed by atoms with Crippen LogP contribution in [0.5, 0.6) is 0 Å². The van der Waals surface area contributed by atoms with Crippen molar-refractivity contribution in [3.8, 4) is 0 Å². The van der Waals surface area contributed by atoms with Crippen molar-refractivity contribution in [3.05, 3.63) is 0 Å². The number of rotatable bonds is 5. The Morgan fingerprint density at radius 3 is 2.47 bits per heavy atom. The molecule has 0 aromatic rings. The first-order valence-electron chi connectivity index (χ1n) is 6.63. The molecule has 19 heavy (non-hydrogen) atoms. The second-order valence-corrected chi connectivity index (χ2v) is 5.35. The highest BCUT2D eigenvalue weighted by molar-refractivity contribution is 5.87. The van der Waals surface area contributed by atoms with Crippen molar-refractivity contribution in [2.75, 3.05) is 20.8 Å². The molecule has 0 radical (unpaired) electrons. The van der Waals surface area contributed by atoms with Gasteiger partial charge < -0.3 is 19.5 Å². The predicted octanol–water partition coefficient (Wildman–Crippen LogP) is 0.646. The van der Waals surface area contributed by atoms with Gasteiger partial charge in [-0.15, -0.1) is 0 Å². The second-order valence-electron chi connectivity index (χ2n) is 5.35. The fourth-order valence-electron chi connectivity index (χ4n) is 2.95. The molecule has 0 aromatic heterocycles. The zero-order valence-electron chi connectivity index (χ0n) is 11.4. The molecular weight excluding hydrogens is 250 g/mol. The fraction of sp³-hybridized carbons (Fsp3) is 0.846. The lowest BCUT2D eigenvalue weighted by atomic mass is 9.78. The Kier molecular flexibility index (Phi) is 4.10. The van der Waals surface area contributed by atoms with E-state index in [0.29, 0.717) is 13.0 Å². The summed E-state index contributed by atoms with van der Waals surface area (Å²) in [7, 11) is 3.14. The predicted molar refractivity (Wildman–Crippen MR) is 66.8 cm³/mol. The second kappa shape index (κ2) is 5.46. The molecule has 0 bridgehead atoms. The largest absolute Gasteiger partial charge is 0.481 e. The van der Waals surface area contributed by atoms with Crippen LogP contribution in [0, 0.1) is 0 Å². The molecule has 6 nitrogen and oxygen atoms in total. The van der Waals surface area contributed by atoms with Crippen molar-refractivity contribution in [2.24, 2.45) is 0 Å². The van der Waals surface area contributed by atoms with Crippen LogP contribution in [0.3, 0.4) is 0 Å². The van der Waals surface area contributed by atoms with Gasteiger partial charge in [0, 0.05) is 26.8 Å². The number of nitrogens with zero attached hydrogens (tertiary/aromatic N) is 1. The Balaban J connectivity index is 2.11. The highest BCUT2D eigenvalue weighted by atomic mass is 16.5. The highest BCUT2D eigenvalue weighted by Crippen LogP contribution is 2.39. The number of methoxy groups -OCH3 is 2. The topological polar surface area (TPSA) is 76.1 Å². The number of amides is 1. The molecule has 1 saturated carbocycles. The summed E-state index contributed by atoms with van der Waals surface area (Å²) >= 11 is 0. The van der Waals surface area contributed by atoms with Gasteiger partial charge in [0.25, 0.3) is 5.91 Å². The van der Waals surface area contributed by atoms with Crippen molar-refractivity contribution < 1.29 is 24.2 Å². The number of ether oxygens (including phenoxy) is 2. The molecule has 1 aliphatic carbocycles. The SMILES string of the molecule is COC1CC(CC(=O)O)N(C(=O)C2(OC)CCC2)C1. The highest BCUT2D eigenvalue weighted by Gasteiger charge is 2.50. The number of likely N-dealkylation sites (tertiary alicyclic amines) is 1. The van der Waals surface area contributed by atoms with Gasteiger partial charge in [-0.25, -0.2) is 0 Å². The number of carboxylic acid groups (broad SMARTS) is 1. The lowest BCUT2D eigenvalue weighted by Crippen LogP contribution is -2.56.